The van der Waals surface area contributed by atoms with Crippen LogP contribution in [-0.2, 0) is 14.4 Å². The van der Waals surface area contributed by atoms with Crippen molar-refractivity contribution in [2.24, 2.45) is 5.16 Å². The minimum Gasteiger partial charge on any atom is -0.485 e. The van der Waals surface area contributed by atoms with Crippen LogP contribution in [0.3, 0.4) is 0 Å². The van der Waals surface area contributed by atoms with Gasteiger partial charge in [0.05, 0.1) is 5.71 Å². The molecule has 142 valence electrons. The van der Waals surface area contributed by atoms with Gasteiger partial charge in [0, 0.05) is 12.0 Å². The Morgan fingerprint density at radius 1 is 0.929 bits per heavy atom. The summed E-state index contributed by atoms with van der Waals surface area (Å²) in [6.45, 7) is 1.89. The number of benzene rings is 3. The summed E-state index contributed by atoms with van der Waals surface area (Å²) in [6.07, 6.45) is 0.144. The lowest BCUT2D eigenvalue weighted by Crippen LogP contribution is -2.21. The largest absolute Gasteiger partial charge is 0.485 e. The molecular formula is C22H19NO4S. The van der Waals surface area contributed by atoms with E-state index < -0.39 is 10.1 Å². The van der Waals surface area contributed by atoms with Crippen molar-refractivity contribution in [1.29, 1.82) is 0 Å². The summed E-state index contributed by atoms with van der Waals surface area (Å²) in [5, 5.41) is 4.02. The predicted octanol–water partition coefficient (Wildman–Crippen LogP) is 4.63. The quantitative estimate of drug-likeness (QED) is 0.606. The van der Waals surface area contributed by atoms with E-state index >= 15 is 0 Å². The molecule has 28 heavy (non-hydrogen) atoms. The summed E-state index contributed by atoms with van der Waals surface area (Å²) >= 11 is 0. The lowest BCUT2D eigenvalue weighted by atomic mass is 9.96. The maximum Gasteiger partial charge on any atom is 0.358 e. The van der Waals surface area contributed by atoms with Gasteiger partial charge in [-0.25, -0.2) is 0 Å². The molecule has 0 fully saturated rings. The zero-order valence-electron chi connectivity index (χ0n) is 15.3. The molecule has 1 atom stereocenters. The topological polar surface area (TPSA) is 65.0 Å². The molecule has 0 radical (unpaired) electrons. The molecule has 3 aromatic carbocycles. The van der Waals surface area contributed by atoms with Crippen molar-refractivity contribution in [1.82, 2.24) is 0 Å². The van der Waals surface area contributed by atoms with Gasteiger partial charge >= 0.3 is 10.1 Å². The lowest BCUT2D eigenvalue weighted by Gasteiger charge is -2.27. The average Bonchev–Trinajstić information content (AvgIpc) is 2.73. The minimum atomic E-state index is -3.99. The van der Waals surface area contributed by atoms with Gasteiger partial charge in [-0.15, -0.1) is 0 Å². The van der Waals surface area contributed by atoms with E-state index in [-0.39, 0.29) is 11.0 Å². The maximum absolute atomic E-state index is 12.5. The van der Waals surface area contributed by atoms with E-state index in [1.807, 2.05) is 61.5 Å². The van der Waals surface area contributed by atoms with Crippen LogP contribution in [-0.4, -0.2) is 14.1 Å². The van der Waals surface area contributed by atoms with E-state index in [0.717, 1.165) is 16.7 Å². The molecule has 0 saturated carbocycles. The molecule has 0 unspecified atom stereocenters. The number of nitrogens with zero attached hydrogens (tertiary/aromatic N) is 1. The van der Waals surface area contributed by atoms with Gasteiger partial charge in [0.15, 0.2) is 0 Å². The van der Waals surface area contributed by atoms with Crippen molar-refractivity contribution in [2.75, 3.05) is 0 Å². The van der Waals surface area contributed by atoms with Crippen LogP contribution in [0.4, 0.5) is 0 Å². The molecule has 5 nitrogen and oxygen atoms in total. The number of oxime groups is 1. The Hall–Kier alpha value is -3.12. The second kappa shape index (κ2) is 7.48. The SMILES string of the molecule is Cc1ccc(S(=O)(=O)O/N=C2\C[C@H](c3ccccc3)Oc3ccccc32)cc1. The normalized spacial score (nSPS) is 17.6. The van der Waals surface area contributed by atoms with Crippen molar-refractivity contribution < 1.29 is 17.4 Å². The third-order valence-corrected chi connectivity index (χ3v) is 5.69. The summed E-state index contributed by atoms with van der Waals surface area (Å²) in [7, 11) is -3.99. The van der Waals surface area contributed by atoms with E-state index in [2.05, 4.69) is 5.16 Å². The highest BCUT2D eigenvalue weighted by Crippen LogP contribution is 2.35. The first-order chi connectivity index (χ1) is 13.5. The van der Waals surface area contributed by atoms with E-state index in [9.17, 15) is 8.42 Å². The first-order valence-electron chi connectivity index (χ1n) is 8.91. The second-order valence-electron chi connectivity index (χ2n) is 6.60. The summed E-state index contributed by atoms with van der Waals surface area (Å²) in [5.41, 5.74) is 3.22. The van der Waals surface area contributed by atoms with Crippen LogP contribution in [0.2, 0.25) is 0 Å². The van der Waals surface area contributed by atoms with Crippen molar-refractivity contribution in [3.05, 3.63) is 95.6 Å². The van der Waals surface area contributed by atoms with E-state index in [0.29, 0.717) is 17.9 Å². The maximum atomic E-state index is 12.5. The van der Waals surface area contributed by atoms with Crippen LogP contribution in [0.1, 0.15) is 29.2 Å². The fourth-order valence-corrected chi connectivity index (χ4v) is 3.81. The smallest absolute Gasteiger partial charge is 0.358 e. The van der Waals surface area contributed by atoms with Crippen molar-refractivity contribution >= 4 is 15.8 Å². The second-order valence-corrected chi connectivity index (χ2v) is 8.13. The van der Waals surface area contributed by atoms with Gasteiger partial charge in [0.2, 0.25) is 0 Å². The van der Waals surface area contributed by atoms with Gasteiger partial charge < -0.3 is 4.74 Å². The molecule has 0 spiro atoms. The Labute approximate surface area is 164 Å². The Morgan fingerprint density at radius 2 is 1.61 bits per heavy atom. The van der Waals surface area contributed by atoms with Crippen LogP contribution in [0.15, 0.2) is 88.9 Å². The number of ether oxygens (including phenoxy) is 1. The molecule has 3 aromatic rings. The zero-order valence-corrected chi connectivity index (χ0v) is 16.1. The van der Waals surface area contributed by atoms with E-state index in [1.165, 1.54) is 12.1 Å². The molecule has 1 aliphatic heterocycles. The number of aryl methyl sites for hydroxylation is 1. The van der Waals surface area contributed by atoms with Gasteiger partial charge in [-0.1, -0.05) is 65.3 Å². The van der Waals surface area contributed by atoms with Crippen LogP contribution < -0.4 is 4.74 Å². The molecular weight excluding hydrogens is 374 g/mol. The third-order valence-electron chi connectivity index (χ3n) is 4.57. The fourth-order valence-electron chi connectivity index (χ4n) is 3.07. The highest BCUT2D eigenvalue weighted by molar-refractivity contribution is 7.86. The Bertz CT molecular complexity index is 1110. The van der Waals surface area contributed by atoms with Gasteiger partial charge in [0.1, 0.15) is 16.7 Å². The predicted molar refractivity (Wildman–Crippen MR) is 107 cm³/mol. The van der Waals surface area contributed by atoms with Gasteiger partial charge in [0.25, 0.3) is 0 Å². The van der Waals surface area contributed by atoms with Gasteiger partial charge in [-0.3, -0.25) is 4.28 Å². The Balaban J connectivity index is 1.66. The van der Waals surface area contributed by atoms with Gasteiger partial charge in [-0.2, -0.15) is 8.42 Å². The zero-order chi connectivity index (χ0) is 19.6. The molecule has 4 rings (SSSR count). The third kappa shape index (κ3) is 3.77. The molecule has 0 amide bonds. The van der Waals surface area contributed by atoms with Crippen molar-refractivity contribution in [3.8, 4) is 5.75 Å². The molecule has 0 aromatic heterocycles. The summed E-state index contributed by atoms with van der Waals surface area (Å²) in [6, 6.07) is 23.6. The molecule has 6 heteroatoms. The summed E-state index contributed by atoms with van der Waals surface area (Å²) in [5.74, 6) is 0.651. The summed E-state index contributed by atoms with van der Waals surface area (Å²) in [4.78, 5) is 0.0717. The Kier molecular flexibility index (Phi) is 4.88. The minimum absolute atomic E-state index is 0.0717. The molecule has 0 bridgehead atoms. The van der Waals surface area contributed by atoms with E-state index in [4.69, 9.17) is 9.02 Å². The first-order valence-corrected chi connectivity index (χ1v) is 10.3. The van der Waals surface area contributed by atoms with Crippen molar-refractivity contribution in [2.45, 2.75) is 24.3 Å². The lowest BCUT2D eigenvalue weighted by molar-refractivity contribution is 0.204. The molecule has 0 aliphatic carbocycles. The van der Waals surface area contributed by atoms with Crippen molar-refractivity contribution in [3.63, 3.8) is 0 Å². The fraction of sp³-hybridized carbons (Fsp3) is 0.136. The molecule has 1 aliphatic rings. The average molecular weight is 393 g/mol. The number of hydrogen-bond donors (Lipinski definition) is 0. The standard InChI is InChI=1S/C22H19NO4S/c1-16-11-13-18(14-12-16)28(24,25)27-23-20-15-22(17-7-3-2-4-8-17)26-21-10-6-5-9-19(20)21/h2-14,22H,15H2,1H3/b23-20+/t22-/m1/s1. The number of fused-ring (bicyclic) bond motifs is 1. The highest BCUT2D eigenvalue weighted by atomic mass is 32.2. The highest BCUT2D eigenvalue weighted by Gasteiger charge is 2.27. The monoisotopic (exact) mass is 393 g/mol. The van der Waals surface area contributed by atoms with Crippen LogP contribution in [0, 0.1) is 6.92 Å². The molecule has 1 heterocycles. The number of para-hydroxylation sites is 1. The number of rotatable bonds is 4. The van der Waals surface area contributed by atoms with Crippen LogP contribution >= 0.6 is 0 Å². The first kappa shape index (κ1) is 18.3. The summed E-state index contributed by atoms with van der Waals surface area (Å²) < 4.78 is 36.1. The van der Waals surface area contributed by atoms with Crippen LogP contribution in [0.5, 0.6) is 5.75 Å². The molecule has 0 N–H and O–H groups in total. The van der Waals surface area contributed by atoms with E-state index in [1.54, 1.807) is 12.1 Å². The number of hydrogen-bond acceptors (Lipinski definition) is 5. The van der Waals surface area contributed by atoms with Crippen LogP contribution in [0.25, 0.3) is 0 Å². The molecule has 0 saturated heterocycles. The van der Waals surface area contributed by atoms with Gasteiger partial charge in [-0.05, 0) is 36.8 Å². The Morgan fingerprint density at radius 3 is 2.36 bits per heavy atom.